The Morgan fingerprint density at radius 1 is 1.27 bits per heavy atom. The fraction of sp³-hybridized carbons (Fsp3) is 0.263. The fourth-order valence-corrected chi connectivity index (χ4v) is 3.69. The van der Waals surface area contributed by atoms with E-state index in [1.807, 2.05) is 0 Å². The number of nitrogens with one attached hydrogen (secondary N) is 1. The maximum Gasteiger partial charge on any atom is 0.282 e. The molecule has 1 N–H and O–H groups in total. The summed E-state index contributed by atoms with van der Waals surface area (Å²) < 4.78 is 49.5. The van der Waals surface area contributed by atoms with E-state index in [4.69, 9.17) is 4.74 Å². The lowest BCUT2D eigenvalue weighted by atomic mass is 10.0. The minimum atomic E-state index is -2.74. The number of benzene rings is 1. The van der Waals surface area contributed by atoms with E-state index in [1.54, 1.807) is 13.1 Å². The van der Waals surface area contributed by atoms with Crippen LogP contribution in [0.3, 0.4) is 0 Å². The average Bonchev–Trinajstić information content (AvgIpc) is 3.46. The lowest BCUT2D eigenvalue weighted by molar-refractivity contribution is 0.146. The van der Waals surface area contributed by atoms with Crippen LogP contribution in [0.2, 0.25) is 0 Å². The van der Waals surface area contributed by atoms with Crippen LogP contribution in [-0.4, -0.2) is 36.0 Å². The fourth-order valence-electron chi connectivity index (χ4n) is 3.69. The average molecular weight is 415 g/mol. The molecule has 30 heavy (non-hydrogen) atoms. The SMILES string of the molecule is Cn1cc(-c2cnc(NCc3c(F)ccc4c3CCO4)n3cnnc23)c(C(F)F)n1. The van der Waals surface area contributed by atoms with Gasteiger partial charge in [-0.15, -0.1) is 10.2 Å². The minimum Gasteiger partial charge on any atom is -0.493 e. The van der Waals surface area contributed by atoms with Crippen LogP contribution >= 0.6 is 0 Å². The van der Waals surface area contributed by atoms with Gasteiger partial charge in [-0.3, -0.25) is 9.08 Å². The second-order valence-electron chi connectivity index (χ2n) is 6.88. The normalized spacial score (nSPS) is 13.1. The summed E-state index contributed by atoms with van der Waals surface area (Å²) in [5.74, 6) is 0.708. The molecule has 0 spiro atoms. The molecule has 0 saturated carbocycles. The molecule has 4 heterocycles. The van der Waals surface area contributed by atoms with Crippen molar-refractivity contribution in [2.75, 3.05) is 11.9 Å². The van der Waals surface area contributed by atoms with Gasteiger partial charge in [0.05, 0.1) is 6.61 Å². The van der Waals surface area contributed by atoms with Gasteiger partial charge in [-0.25, -0.2) is 18.2 Å². The standard InChI is InChI=1S/C19H16F3N7O/c1-28-8-13(16(27-28)17(21)22)12-7-24-19(29-9-25-26-18(12)29)23-6-11-10-4-5-30-15(10)3-2-14(11)20/h2-3,7-9,17H,4-6H2,1H3,(H,23,24). The van der Waals surface area contributed by atoms with E-state index in [-0.39, 0.29) is 23.6 Å². The molecule has 0 radical (unpaired) electrons. The third kappa shape index (κ3) is 2.93. The lowest BCUT2D eigenvalue weighted by Crippen LogP contribution is -2.09. The van der Waals surface area contributed by atoms with Crippen molar-refractivity contribution >= 4 is 11.6 Å². The number of halogens is 3. The Balaban J connectivity index is 1.51. The summed E-state index contributed by atoms with van der Waals surface area (Å²) in [5, 5.41) is 14.9. The third-order valence-electron chi connectivity index (χ3n) is 5.05. The van der Waals surface area contributed by atoms with Crippen molar-refractivity contribution in [1.29, 1.82) is 0 Å². The topological polar surface area (TPSA) is 82.2 Å². The first-order valence-electron chi connectivity index (χ1n) is 9.20. The third-order valence-corrected chi connectivity index (χ3v) is 5.05. The van der Waals surface area contributed by atoms with Crippen molar-refractivity contribution in [3.8, 4) is 16.9 Å². The highest BCUT2D eigenvalue weighted by Gasteiger charge is 2.23. The predicted octanol–water partition coefficient (Wildman–Crippen LogP) is 3.15. The molecule has 0 unspecified atom stereocenters. The number of rotatable bonds is 5. The van der Waals surface area contributed by atoms with Crippen molar-refractivity contribution in [1.82, 2.24) is 29.4 Å². The van der Waals surface area contributed by atoms with Crippen molar-refractivity contribution in [2.24, 2.45) is 7.05 Å². The first-order valence-corrected chi connectivity index (χ1v) is 9.20. The van der Waals surface area contributed by atoms with Crippen LogP contribution in [0, 0.1) is 5.82 Å². The molecule has 0 bridgehead atoms. The van der Waals surface area contributed by atoms with Gasteiger partial charge in [-0.1, -0.05) is 0 Å². The van der Waals surface area contributed by atoms with Gasteiger partial charge in [0.1, 0.15) is 23.6 Å². The number of hydrogen-bond donors (Lipinski definition) is 1. The van der Waals surface area contributed by atoms with Crippen LogP contribution in [0.4, 0.5) is 19.1 Å². The highest BCUT2D eigenvalue weighted by atomic mass is 19.3. The van der Waals surface area contributed by atoms with Crippen LogP contribution in [0.5, 0.6) is 5.75 Å². The Morgan fingerprint density at radius 3 is 2.97 bits per heavy atom. The molecule has 8 nitrogen and oxygen atoms in total. The highest BCUT2D eigenvalue weighted by Crippen LogP contribution is 2.33. The molecule has 0 atom stereocenters. The summed E-state index contributed by atoms with van der Waals surface area (Å²) in [7, 11) is 1.57. The van der Waals surface area contributed by atoms with E-state index in [0.717, 1.165) is 5.56 Å². The monoisotopic (exact) mass is 415 g/mol. The van der Waals surface area contributed by atoms with Gasteiger partial charge in [-0.05, 0) is 12.1 Å². The molecule has 0 saturated heterocycles. The van der Waals surface area contributed by atoms with Crippen LogP contribution in [0.1, 0.15) is 23.2 Å². The van der Waals surface area contributed by atoms with Crippen LogP contribution in [-0.2, 0) is 20.0 Å². The molecule has 0 fully saturated rings. The number of alkyl halides is 2. The molecule has 1 aromatic carbocycles. The molecule has 154 valence electrons. The van der Waals surface area contributed by atoms with Crippen molar-refractivity contribution in [3.05, 3.63) is 53.5 Å². The predicted molar refractivity (Wildman–Crippen MR) is 101 cm³/mol. The highest BCUT2D eigenvalue weighted by molar-refractivity contribution is 5.78. The number of hydrogen-bond acceptors (Lipinski definition) is 6. The molecule has 11 heteroatoms. The summed E-state index contributed by atoms with van der Waals surface area (Å²) >= 11 is 0. The molecule has 0 aliphatic carbocycles. The summed E-state index contributed by atoms with van der Waals surface area (Å²) in [6, 6.07) is 3.00. The van der Waals surface area contributed by atoms with Gasteiger partial charge in [-0.2, -0.15) is 5.10 Å². The minimum absolute atomic E-state index is 0.174. The van der Waals surface area contributed by atoms with Crippen molar-refractivity contribution in [2.45, 2.75) is 19.4 Å². The van der Waals surface area contributed by atoms with Gasteiger partial charge in [0.15, 0.2) is 5.65 Å². The number of fused-ring (bicyclic) bond motifs is 2. The van der Waals surface area contributed by atoms with Gasteiger partial charge in [0.2, 0.25) is 5.95 Å². The first kappa shape index (κ1) is 18.4. The van der Waals surface area contributed by atoms with Crippen molar-refractivity contribution in [3.63, 3.8) is 0 Å². The van der Waals surface area contributed by atoms with Gasteiger partial charge in [0, 0.05) is 54.7 Å². The van der Waals surface area contributed by atoms with Gasteiger partial charge >= 0.3 is 0 Å². The van der Waals surface area contributed by atoms with Gasteiger partial charge < -0.3 is 10.1 Å². The van der Waals surface area contributed by atoms with E-state index < -0.39 is 6.43 Å². The quantitative estimate of drug-likeness (QED) is 0.539. The number of aryl methyl sites for hydroxylation is 1. The van der Waals surface area contributed by atoms with E-state index in [1.165, 1.54) is 33.9 Å². The van der Waals surface area contributed by atoms with Crippen LogP contribution in [0.15, 0.2) is 30.9 Å². The van der Waals surface area contributed by atoms with Crippen LogP contribution in [0.25, 0.3) is 16.8 Å². The van der Waals surface area contributed by atoms with E-state index in [0.29, 0.717) is 41.5 Å². The largest absolute Gasteiger partial charge is 0.493 e. The maximum atomic E-state index is 14.4. The zero-order valence-electron chi connectivity index (χ0n) is 15.8. The Hall–Kier alpha value is -3.63. The molecule has 1 aliphatic heterocycles. The number of anilines is 1. The van der Waals surface area contributed by atoms with Crippen LogP contribution < -0.4 is 10.1 Å². The molecule has 3 aromatic heterocycles. The van der Waals surface area contributed by atoms with E-state index in [2.05, 4.69) is 25.6 Å². The second kappa shape index (κ2) is 7.01. The summed E-state index contributed by atoms with van der Waals surface area (Å²) in [4.78, 5) is 4.34. The van der Waals surface area contributed by atoms with Gasteiger partial charge in [0.25, 0.3) is 6.43 Å². The van der Waals surface area contributed by atoms with E-state index in [9.17, 15) is 13.2 Å². The summed E-state index contributed by atoms with van der Waals surface area (Å²) in [6.45, 7) is 0.694. The Kier molecular flexibility index (Phi) is 4.30. The zero-order chi connectivity index (χ0) is 20.8. The number of nitrogens with zero attached hydrogens (tertiary/aromatic N) is 6. The molecular formula is C19H16F3N7O. The molecule has 5 rings (SSSR count). The Labute approximate surface area is 168 Å². The molecule has 1 aliphatic rings. The Morgan fingerprint density at radius 2 is 2.13 bits per heavy atom. The molecule has 0 amide bonds. The molecule has 4 aromatic rings. The molecular weight excluding hydrogens is 399 g/mol. The van der Waals surface area contributed by atoms with Crippen molar-refractivity contribution < 1.29 is 17.9 Å². The zero-order valence-corrected chi connectivity index (χ0v) is 15.8. The Bertz CT molecular complexity index is 1250. The smallest absolute Gasteiger partial charge is 0.282 e. The second-order valence-corrected chi connectivity index (χ2v) is 6.88. The first-order chi connectivity index (χ1) is 14.5. The maximum absolute atomic E-state index is 14.4. The number of aromatic nitrogens is 6. The summed E-state index contributed by atoms with van der Waals surface area (Å²) in [6.07, 6.45) is 2.23. The lowest BCUT2D eigenvalue weighted by Gasteiger charge is -2.12. The van der Waals surface area contributed by atoms with E-state index >= 15 is 0 Å². The number of ether oxygens (including phenoxy) is 1. The summed E-state index contributed by atoms with van der Waals surface area (Å²) in [5.41, 5.74) is 1.92.